The van der Waals surface area contributed by atoms with Gasteiger partial charge in [-0.1, -0.05) is 61.7 Å². The summed E-state index contributed by atoms with van der Waals surface area (Å²) in [6.45, 7) is 2.34. The highest BCUT2D eigenvalue weighted by Gasteiger charge is 2.43. The van der Waals surface area contributed by atoms with Gasteiger partial charge in [0.25, 0.3) is 5.91 Å². The number of aryl methyl sites for hydroxylation is 2. The molecule has 2 fully saturated rings. The molecule has 4 amide bonds. The average molecular weight is 535 g/mol. The Morgan fingerprint density at radius 3 is 2.36 bits per heavy atom. The minimum atomic E-state index is -1.15. The number of carboxylic acids is 1. The number of nitrogens with zero attached hydrogens (tertiary/aromatic N) is 2. The van der Waals surface area contributed by atoms with Gasteiger partial charge in [0.1, 0.15) is 0 Å². The lowest BCUT2D eigenvalue weighted by atomic mass is 9.82. The van der Waals surface area contributed by atoms with E-state index in [4.69, 9.17) is 0 Å². The number of hydrogen-bond acceptors (Lipinski definition) is 4. The summed E-state index contributed by atoms with van der Waals surface area (Å²) in [5.74, 6) is -1.67. The van der Waals surface area contributed by atoms with E-state index < -0.39 is 30.1 Å². The monoisotopic (exact) mass is 534 g/mol. The van der Waals surface area contributed by atoms with Gasteiger partial charge in [-0.3, -0.25) is 19.3 Å². The lowest BCUT2D eigenvalue weighted by Gasteiger charge is -2.34. The van der Waals surface area contributed by atoms with Gasteiger partial charge in [0, 0.05) is 31.2 Å². The average Bonchev–Trinajstić information content (AvgIpc) is 3.38. The fraction of sp³-hybridized carbons (Fsp3) is 0.467. The zero-order chi connectivity index (χ0) is 27.8. The van der Waals surface area contributed by atoms with E-state index in [0.29, 0.717) is 12.1 Å². The molecule has 4 rings (SSSR count). The SMILES string of the molecule is Cc1cccc(NC(=O)N2CCN(C(=O)CCc3ccccc3)C2C(=O)NC(CC(=O)O)C2CCCCC2)c1. The first-order valence-electron chi connectivity index (χ1n) is 13.8. The molecule has 2 aromatic carbocycles. The van der Waals surface area contributed by atoms with Crippen molar-refractivity contribution in [1.29, 1.82) is 0 Å². The molecule has 0 aromatic heterocycles. The van der Waals surface area contributed by atoms with E-state index in [0.717, 1.165) is 43.2 Å². The lowest BCUT2D eigenvalue weighted by Crippen LogP contribution is -2.57. The van der Waals surface area contributed by atoms with Gasteiger partial charge in [0.05, 0.1) is 6.42 Å². The number of rotatable bonds is 9. The number of carbonyl (C=O) groups is 4. The molecule has 1 saturated carbocycles. The number of nitrogens with one attached hydrogen (secondary N) is 2. The third-order valence-electron chi connectivity index (χ3n) is 7.67. The number of carbonyl (C=O) groups excluding carboxylic acids is 3. The topological polar surface area (TPSA) is 119 Å². The van der Waals surface area contributed by atoms with Crippen molar-refractivity contribution >= 4 is 29.5 Å². The van der Waals surface area contributed by atoms with Crippen LogP contribution in [0, 0.1) is 12.8 Å². The Labute approximate surface area is 229 Å². The van der Waals surface area contributed by atoms with Crippen molar-refractivity contribution in [3.8, 4) is 0 Å². The standard InChI is InChI=1S/C30H38N4O5/c1-21-9-8-14-24(19-21)31-30(39)34-18-17-33(26(35)16-15-22-10-4-2-5-11-22)29(34)28(38)32-25(20-27(36)37)23-12-6-3-7-13-23/h2,4-5,8-11,14,19,23,25,29H,3,6-7,12-13,15-18,20H2,1H3,(H,31,39)(H,32,38)(H,36,37). The molecule has 0 bridgehead atoms. The maximum atomic E-state index is 13.8. The van der Waals surface area contributed by atoms with Crippen LogP contribution < -0.4 is 10.6 Å². The van der Waals surface area contributed by atoms with Crippen molar-refractivity contribution in [3.05, 3.63) is 65.7 Å². The number of aliphatic carboxylic acids is 1. The number of urea groups is 1. The van der Waals surface area contributed by atoms with Crippen LogP contribution in [0.3, 0.4) is 0 Å². The quantitative estimate of drug-likeness (QED) is 0.446. The Hall–Kier alpha value is -3.88. The number of hydrogen-bond donors (Lipinski definition) is 3. The second-order valence-corrected chi connectivity index (χ2v) is 10.6. The van der Waals surface area contributed by atoms with Gasteiger partial charge in [0.15, 0.2) is 6.17 Å². The van der Waals surface area contributed by atoms with Crippen molar-refractivity contribution < 1.29 is 24.3 Å². The summed E-state index contributed by atoms with van der Waals surface area (Å²) >= 11 is 0. The molecule has 208 valence electrons. The highest BCUT2D eigenvalue weighted by molar-refractivity contribution is 5.96. The van der Waals surface area contributed by atoms with Gasteiger partial charge >= 0.3 is 12.0 Å². The van der Waals surface area contributed by atoms with Crippen molar-refractivity contribution in [1.82, 2.24) is 15.1 Å². The Morgan fingerprint density at radius 2 is 1.67 bits per heavy atom. The predicted molar refractivity (Wildman–Crippen MR) is 148 cm³/mol. The smallest absolute Gasteiger partial charge is 0.323 e. The van der Waals surface area contributed by atoms with E-state index in [9.17, 15) is 24.3 Å². The third kappa shape index (κ3) is 7.59. The van der Waals surface area contributed by atoms with E-state index in [1.54, 1.807) is 6.07 Å². The fourth-order valence-corrected chi connectivity index (χ4v) is 5.66. The first kappa shape index (κ1) is 28.1. The molecule has 1 aliphatic heterocycles. The van der Waals surface area contributed by atoms with Gasteiger partial charge in [-0.05, 0) is 55.4 Å². The van der Waals surface area contributed by atoms with E-state index in [-0.39, 0.29) is 37.8 Å². The van der Waals surface area contributed by atoms with Crippen LogP contribution in [0.1, 0.15) is 56.1 Å². The number of carboxylic acid groups (broad SMARTS) is 1. The van der Waals surface area contributed by atoms with Gasteiger partial charge < -0.3 is 20.6 Å². The second kappa shape index (κ2) is 13.3. The van der Waals surface area contributed by atoms with E-state index in [1.165, 1.54) is 9.80 Å². The summed E-state index contributed by atoms with van der Waals surface area (Å²) in [7, 11) is 0. The molecular formula is C30H38N4O5. The molecule has 2 unspecified atom stereocenters. The summed E-state index contributed by atoms with van der Waals surface area (Å²) in [6.07, 6.45) is 4.15. The molecule has 39 heavy (non-hydrogen) atoms. The molecular weight excluding hydrogens is 496 g/mol. The highest BCUT2D eigenvalue weighted by Crippen LogP contribution is 2.29. The molecule has 3 N–H and O–H groups in total. The second-order valence-electron chi connectivity index (χ2n) is 10.6. The van der Waals surface area contributed by atoms with E-state index >= 15 is 0 Å². The maximum Gasteiger partial charge on any atom is 0.323 e. The molecule has 9 nitrogen and oxygen atoms in total. The van der Waals surface area contributed by atoms with Crippen LogP contribution in [0.2, 0.25) is 0 Å². The molecule has 9 heteroatoms. The Balaban J connectivity index is 1.53. The van der Waals surface area contributed by atoms with Gasteiger partial charge in [-0.2, -0.15) is 0 Å². The van der Waals surface area contributed by atoms with Crippen molar-refractivity contribution in [2.75, 3.05) is 18.4 Å². The first-order chi connectivity index (χ1) is 18.8. The normalized spacial score (nSPS) is 18.4. The molecule has 2 aliphatic rings. The Morgan fingerprint density at radius 1 is 0.949 bits per heavy atom. The summed E-state index contributed by atoms with van der Waals surface area (Å²) in [5.41, 5.74) is 2.59. The molecule has 1 heterocycles. The van der Waals surface area contributed by atoms with Crippen molar-refractivity contribution in [2.24, 2.45) is 5.92 Å². The van der Waals surface area contributed by atoms with Crippen LogP contribution >= 0.6 is 0 Å². The van der Waals surface area contributed by atoms with Crippen LogP contribution in [0.25, 0.3) is 0 Å². The largest absolute Gasteiger partial charge is 0.481 e. The predicted octanol–water partition coefficient (Wildman–Crippen LogP) is 4.17. The maximum absolute atomic E-state index is 13.8. The van der Waals surface area contributed by atoms with Gasteiger partial charge in [0.2, 0.25) is 5.91 Å². The van der Waals surface area contributed by atoms with E-state index in [2.05, 4.69) is 10.6 Å². The lowest BCUT2D eigenvalue weighted by molar-refractivity contribution is -0.143. The van der Waals surface area contributed by atoms with Crippen LogP contribution in [0.4, 0.5) is 10.5 Å². The summed E-state index contributed by atoms with van der Waals surface area (Å²) < 4.78 is 0. The first-order valence-corrected chi connectivity index (χ1v) is 13.8. The molecule has 1 saturated heterocycles. The van der Waals surface area contributed by atoms with Crippen LogP contribution in [0.15, 0.2) is 54.6 Å². The van der Waals surface area contributed by atoms with Crippen molar-refractivity contribution in [2.45, 2.75) is 70.5 Å². The van der Waals surface area contributed by atoms with Crippen LogP contribution in [0.5, 0.6) is 0 Å². The number of benzene rings is 2. The number of amides is 4. The van der Waals surface area contributed by atoms with Crippen LogP contribution in [-0.4, -0.2) is 64.0 Å². The molecule has 2 atom stereocenters. The minimum absolute atomic E-state index is 0.0528. The third-order valence-corrected chi connectivity index (χ3v) is 7.67. The van der Waals surface area contributed by atoms with Crippen molar-refractivity contribution in [3.63, 3.8) is 0 Å². The molecule has 0 spiro atoms. The molecule has 1 aliphatic carbocycles. The van der Waals surface area contributed by atoms with Gasteiger partial charge in [-0.25, -0.2) is 4.79 Å². The summed E-state index contributed by atoms with van der Waals surface area (Å²) in [4.78, 5) is 55.0. The van der Waals surface area contributed by atoms with Crippen LogP contribution in [-0.2, 0) is 20.8 Å². The molecule has 2 aromatic rings. The van der Waals surface area contributed by atoms with E-state index in [1.807, 2.05) is 55.5 Å². The number of anilines is 1. The fourth-order valence-electron chi connectivity index (χ4n) is 5.66. The molecule has 0 radical (unpaired) electrons. The highest BCUT2D eigenvalue weighted by atomic mass is 16.4. The zero-order valence-corrected chi connectivity index (χ0v) is 22.5. The minimum Gasteiger partial charge on any atom is -0.481 e. The summed E-state index contributed by atoms with van der Waals surface area (Å²) in [5, 5.41) is 15.3. The van der Waals surface area contributed by atoms with Gasteiger partial charge in [-0.15, -0.1) is 0 Å². The summed E-state index contributed by atoms with van der Waals surface area (Å²) in [6, 6.07) is 16.0. The Bertz CT molecular complexity index is 1160. The zero-order valence-electron chi connectivity index (χ0n) is 22.5. The Kier molecular flexibility index (Phi) is 9.57.